The number of hydrogen-bond acceptors (Lipinski definition) is 1. The molecule has 2 heteroatoms. The van der Waals surface area contributed by atoms with Gasteiger partial charge >= 0.3 is 0 Å². The summed E-state index contributed by atoms with van der Waals surface area (Å²) in [6.45, 7) is 1.66. The first-order chi connectivity index (χ1) is 9.72. The summed E-state index contributed by atoms with van der Waals surface area (Å²) in [5.74, 6) is -0.824. The summed E-state index contributed by atoms with van der Waals surface area (Å²) in [5, 5.41) is 10.5. The lowest BCUT2D eigenvalue weighted by atomic mass is 9.88. The Morgan fingerprint density at radius 3 is 2.15 bits per heavy atom. The van der Waals surface area contributed by atoms with Crippen molar-refractivity contribution in [3.05, 3.63) is 83.7 Å². The minimum atomic E-state index is -0.840. The minimum absolute atomic E-state index is 0.273. The summed E-state index contributed by atoms with van der Waals surface area (Å²) >= 11 is 0. The van der Waals surface area contributed by atoms with Gasteiger partial charge in [0.05, 0.1) is 6.10 Å². The minimum Gasteiger partial charge on any atom is -0.388 e. The number of benzene rings is 2. The third kappa shape index (κ3) is 3.55. The van der Waals surface area contributed by atoms with Gasteiger partial charge in [-0.25, -0.2) is 4.39 Å². The van der Waals surface area contributed by atoms with Crippen molar-refractivity contribution in [1.29, 1.82) is 0 Å². The van der Waals surface area contributed by atoms with Crippen LogP contribution in [0.5, 0.6) is 0 Å². The van der Waals surface area contributed by atoms with Gasteiger partial charge < -0.3 is 5.11 Å². The quantitative estimate of drug-likeness (QED) is 0.851. The molecule has 20 heavy (non-hydrogen) atoms. The first kappa shape index (κ1) is 14.5. The van der Waals surface area contributed by atoms with Crippen molar-refractivity contribution in [3.63, 3.8) is 0 Å². The molecule has 0 heterocycles. The molecule has 0 aliphatic heterocycles. The predicted octanol–water partition coefficient (Wildman–Crippen LogP) is 4.45. The van der Waals surface area contributed by atoms with Crippen LogP contribution in [0.25, 0.3) is 0 Å². The van der Waals surface area contributed by atoms with Crippen LogP contribution in [0.2, 0.25) is 0 Å². The zero-order valence-electron chi connectivity index (χ0n) is 11.5. The van der Waals surface area contributed by atoms with E-state index in [0.717, 1.165) is 11.1 Å². The maximum atomic E-state index is 14.1. The number of aliphatic hydroxyl groups excluding tert-OH is 1. The Balaban J connectivity index is 2.24. The number of halogens is 1. The zero-order valence-corrected chi connectivity index (χ0v) is 11.5. The van der Waals surface area contributed by atoms with E-state index in [1.807, 2.05) is 60.7 Å². The molecule has 0 amide bonds. The van der Waals surface area contributed by atoms with E-state index in [0.29, 0.717) is 6.42 Å². The van der Waals surface area contributed by atoms with E-state index in [2.05, 4.69) is 0 Å². The molecule has 0 radical (unpaired) electrons. The van der Waals surface area contributed by atoms with Gasteiger partial charge in [0.2, 0.25) is 0 Å². The number of allylic oxidation sites excluding steroid dienone is 1. The van der Waals surface area contributed by atoms with Crippen LogP contribution in [0, 0.1) is 5.92 Å². The SMILES string of the molecule is C/C=C(\F)[C@@H](Cc1ccccc1)[C@@H](O)c1ccccc1. The Bertz CT molecular complexity index is 548. The number of rotatable bonds is 5. The van der Waals surface area contributed by atoms with Gasteiger partial charge in [-0.05, 0) is 24.5 Å². The predicted molar refractivity (Wildman–Crippen MR) is 79.9 cm³/mol. The molecule has 0 aromatic heterocycles. The van der Waals surface area contributed by atoms with Crippen LogP contribution in [-0.4, -0.2) is 5.11 Å². The Morgan fingerprint density at radius 1 is 1.05 bits per heavy atom. The number of hydrogen-bond donors (Lipinski definition) is 1. The van der Waals surface area contributed by atoms with Gasteiger partial charge in [-0.1, -0.05) is 66.7 Å². The Kier molecular flexibility index (Phi) is 5.08. The third-order valence-corrected chi connectivity index (χ3v) is 3.45. The Hall–Kier alpha value is -1.93. The monoisotopic (exact) mass is 270 g/mol. The molecule has 0 unspecified atom stereocenters. The standard InChI is InChI=1S/C18H19FO/c1-2-17(19)16(13-14-9-5-3-6-10-14)18(20)15-11-7-4-8-12-15/h2-12,16,18,20H,13H2,1H3/b17-2-/t16-,18+/m1/s1. The van der Waals surface area contributed by atoms with E-state index in [-0.39, 0.29) is 5.83 Å². The highest BCUT2D eigenvalue weighted by Crippen LogP contribution is 2.31. The summed E-state index contributed by atoms with van der Waals surface area (Å²) in [5.41, 5.74) is 1.76. The van der Waals surface area contributed by atoms with E-state index < -0.39 is 12.0 Å². The average Bonchev–Trinajstić information content (AvgIpc) is 2.53. The summed E-state index contributed by atoms with van der Waals surface area (Å²) in [7, 11) is 0. The Labute approximate surface area is 119 Å². The van der Waals surface area contributed by atoms with E-state index in [9.17, 15) is 9.50 Å². The highest BCUT2D eigenvalue weighted by atomic mass is 19.1. The maximum Gasteiger partial charge on any atom is 0.102 e. The molecule has 0 bridgehead atoms. The molecule has 0 spiro atoms. The van der Waals surface area contributed by atoms with E-state index in [1.165, 1.54) is 6.08 Å². The van der Waals surface area contributed by atoms with Gasteiger partial charge in [0.15, 0.2) is 0 Å². The molecule has 0 aliphatic rings. The molecular formula is C18H19FO. The van der Waals surface area contributed by atoms with E-state index >= 15 is 0 Å². The van der Waals surface area contributed by atoms with Crippen molar-refractivity contribution in [2.45, 2.75) is 19.4 Å². The van der Waals surface area contributed by atoms with Crippen LogP contribution in [0.1, 0.15) is 24.2 Å². The summed E-state index contributed by atoms with van der Waals surface area (Å²) in [4.78, 5) is 0. The lowest BCUT2D eigenvalue weighted by molar-refractivity contribution is 0.114. The van der Waals surface area contributed by atoms with Crippen molar-refractivity contribution in [2.24, 2.45) is 5.92 Å². The van der Waals surface area contributed by atoms with Crippen LogP contribution < -0.4 is 0 Å². The van der Waals surface area contributed by atoms with Crippen LogP contribution in [0.4, 0.5) is 4.39 Å². The van der Waals surface area contributed by atoms with Gasteiger partial charge in [-0.3, -0.25) is 0 Å². The second kappa shape index (κ2) is 7.01. The molecule has 0 saturated heterocycles. The molecule has 2 rings (SSSR count). The van der Waals surface area contributed by atoms with Gasteiger partial charge in [0.25, 0.3) is 0 Å². The average molecular weight is 270 g/mol. The normalized spacial score (nSPS) is 14.8. The van der Waals surface area contributed by atoms with Gasteiger partial charge in [0.1, 0.15) is 5.83 Å². The number of aliphatic hydroxyl groups is 1. The summed E-state index contributed by atoms with van der Waals surface area (Å²) < 4.78 is 14.1. The largest absolute Gasteiger partial charge is 0.388 e. The fourth-order valence-corrected chi connectivity index (χ4v) is 2.32. The van der Waals surface area contributed by atoms with Gasteiger partial charge in [-0.2, -0.15) is 0 Å². The van der Waals surface area contributed by atoms with Crippen LogP contribution >= 0.6 is 0 Å². The van der Waals surface area contributed by atoms with E-state index in [1.54, 1.807) is 6.92 Å². The molecule has 104 valence electrons. The zero-order chi connectivity index (χ0) is 14.4. The van der Waals surface area contributed by atoms with Crippen molar-refractivity contribution in [2.75, 3.05) is 0 Å². The van der Waals surface area contributed by atoms with Crippen LogP contribution in [-0.2, 0) is 6.42 Å². The third-order valence-electron chi connectivity index (χ3n) is 3.45. The second-order valence-electron chi connectivity index (χ2n) is 4.83. The van der Waals surface area contributed by atoms with Crippen molar-refractivity contribution < 1.29 is 9.50 Å². The summed E-state index contributed by atoms with van der Waals surface area (Å²) in [6.07, 6.45) is 1.07. The molecular weight excluding hydrogens is 251 g/mol. The molecule has 2 aromatic carbocycles. The molecule has 2 aromatic rings. The molecule has 0 aliphatic carbocycles. The van der Waals surface area contributed by atoms with Crippen molar-refractivity contribution in [1.82, 2.24) is 0 Å². The molecule has 2 atom stereocenters. The lowest BCUT2D eigenvalue weighted by Gasteiger charge is -2.22. The second-order valence-corrected chi connectivity index (χ2v) is 4.83. The topological polar surface area (TPSA) is 20.2 Å². The molecule has 0 fully saturated rings. The molecule has 1 nitrogen and oxygen atoms in total. The first-order valence-corrected chi connectivity index (χ1v) is 6.81. The fraction of sp³-hybridized carbons (Fsp3) is 0.222. The molecule has 0 saturated carbocycles. The maximum absolute atomic E-state index is 14.1. The van der Waals surface area contributed by atoms with Gasteiger partial charge in [-0.15, -0.1) is 0 Å². The Morgan fingerprint density at radius 2 is 1.60 bits per heavy atom. The van der Waals surface area contributed by atoms with Crippen LogP contribution in [0.15, 0.2) is 72.6 Å². The van der Waals surface area contributed by atoms with E-state index in [4.69, 9.17) is 0 Å². The fourth-order valence-electron chi connectivity index (χ4n) is 2.32. The molecule has 1 N–H and O–H groups in total. The van der Waals surface area contributed by atoms with Crippen molar-refractivity contribution in [3.8, 4) is 0 Å². The first-order valence-electron chi connectivity index (χ1n) is 6.81. The van der Waals surface area contributed by atoms with Crippen LogP contribution in [0.3, 0.4) is 0 Å². The van der Waals surface area contributed by atoms with Crippen molar-refractivity contribution >= 4 is 0 Å². The summed E-state index contributed by atoms with van der Waals surface area (Å²) in [6, 6.07) is 18.9. The lowest BCUT2D eigenvalue weighted by Crippen LogP contribution is -2.16. The highest BCUT2D eigenvalue weighted by Gasteiger charge is 2.25. The smallest absolute Gasteiger partial charge is 0.102 e. The highest BCUT2D eigenvalue weighted by molar-refractivity contribution is 5.23. The van der Waals surface area contributed by atoms with Gasteiger partial charge in [0, 0.05) is 5.92 Å².